The molecule has 4 nitrogen and oxygen atoms in total. The van der Waals surface area contributed by atoms with Crippen LogP contribution in [-0.2, 0) is 4.74 Å². The van der Waals surface area contributed by atoms with Crippen LogP contribution in [0.4, 0.5) is 5.95 Å². The van der Waals surface area contributed by atoms with Gasteiger partial charge in [0.05, 0.1) is 18.3 Å². The number of imidazole rings is 1. The quantitative estimate of drug-likeness (QED) is 0.758. The Labute approximate surface area is 104 Å². The largest absolute Gasteiger partial charge is 0.383 e. The first-order valence-electron chi connectivity index (χ1n) is 6.51. The minimum absolute atomic E-state index is 0.380. The lowest BCUT2D eigenvalue weighted by Crippen LogP contribution is -2.17. The Morgan fingerprint density at radius 3 is 2.76 bits per heavy atom. The number of methoxy groups -OCH3 is 1. The molecule has 0 amide bonds. The Morgan fingerprint density at radius 1 is 1.41 bits per heavy atom. The molecule has 0 aromatic carbocycles. The van der Waals surface area contributed by atoms with Gasteiger partial charge in [0.1, 0.15) is 0 Å². The lowest BCUT2D eigenvalue weighted by atomic mass is 10.2. The second kappa shape index (κ2) is 7.33. The molecule has 1 rings (SSSR count). The highest BCUT2D eigenvalue weighted by molar-refractivity contribution is 5.29. The molecule has 1 unspecified atom stereocenters. The third-order valence-corrected chi connectivity index (χ3v) is 2.76. The van der Waals surface area contributed by atoms with Gasteiger partial charge in [-0.3, -0.25) is 0 Å². The number of aryl methyl sites for hydroxylation is 1. The molecule has 4 heteroatoms. The molecular formula is C13H25N3O. The van der Waals surface area contributed by atoms with E-state index in [9.17, 15) is 0 Å². The van der Waals surface area contributed by atoms with Crippen LogP contribution in [0.15, 0.2) is 6.20 Å². The van der Waals surface area contributed by atoms with Crippen molar-refractivity contribution >= 4 is 5.95 Å². The van der Waals surface area contributed by atoms with Gasteiger partial charge in [0.25, 0.3) is 0 Å². The normalized spacial score (nSPS) is 12.7. The fraction of sp³-hybridized carbons (Fsp3) is 0.769. The Morgan fingerprint density at radius 2 is 2.18 bits per heavy atom. The molecule has 0 saturated carbocycles. The van der Waals surface area contributed by atoms with Gasteiger partial charge in [-0.15, -0.1) is 0 Å². The molecule has 0 bridgehead atoms. The molecule has 0 spiro atoms. The van der Waals surface area contributed by atoms with Gasteiger partial charge < -0.3 is 14.6 Å². The summed E-state index contributed by atoms with van der Waals surface area (Å²) >= 11 is 0. The number of rotatable bonds is 8. The third-order valence-electron chi connectivity index (χ3n) is 2.76. The maximum Gasteiger partial charge on any atom is 0.203 e. The van der Waals surface area contributed by atoms with Crippen LogP contribution in [0.5, 0.6) is 0 Å². The van der Waals surface area contributed by atoms with Crippen LogP contribution in [0, 0.1) is 6.92 Å². The molecule has 0 aliphatic heterocycles. The molecule has 0 fully saturated rings. The number of hydrogen-bond donors (Lipinski definition) is 1. The zero-order valence-corrected chi connectivity index (χ0v) is 11.5. The van der Waals surface area contributed by atoms with Gasteiger partial charge in [0, 0.05) is 19.9 Å². The van der Waals surface area contributed by atoms with Crippen LogP contribution in [0.2, 0.25) is 0 Å². The summed E-state index contributed by atoms with van der Waals surface area (Å²) in [5.74, 6) is 0.972. The Kier molecular flexibility index (Phi) is 6.05. The van der Waals surface area contributed by atoms with E-state index in [4.69, 9.17) is 4.74 Å². The molecule has 0 saturated heterocycles. The van der Waals surface area contributed by atoms with Gasteiger partial charge in [-0.2, -0.15) is 0 Å². The molecule has 0 radical (unpaired) electrons. The Bertz CT molecular complexity index is 316. The van der Waals surface area contributed by atoms with E-state index in [0.717, 1.165) is 44.1 Å². The Hall–Kier alpha value is -1.03. The monoisotopic (exact) mass is 239 g/mol. The molecule has 1 aromatic heterocycles. The van der Waals surface area contributed by atoms with Crippen molar-refractivity contribution in [3.63, 3.8) is 0 Å². The molecule has 98 valence electrons. The van der Waals surface area contributed by atoms with Gasteiger partial charge >= 0.3 is 0 Å². The number of ether oxygens (including phenoxy) is 1. The second-order valence-corrected chi connectivity index (χ2v) is 4.44. The van der Waals surface area contributed by atoms with Crippen molar-refractivity contribution in [3.8, 4) is 0 Å². The maximum atomic E-state index is 5.30. The SMILES string of the molecule is CCCNc1nc(C)cn1C(CCC)COC. The van der Waals surface area contributed by atoms with Crippen molar-refractivity contribution in [1.29, 1.82) is 0 Å². The highest BCUT2D eigenvalue weighted by Crippen LogP contribution is 2.20. The van der Waals surface area contributed by atoms with Crippen LogP contribution in [-0.4, -0.2) is 29.8 Å². The molecule has 1 N–H and O–H groups in total. The highest BCUT2D eigenvalue weighted by atomic mass is 16.5. The van der Waals surface area contributed by atoms with Gasteiger partial charge in [0.15, 0.2) is 0 Å². The first-order chi connectivity index (χ1) is 8.22. The molecule has 1 heterocycles. The summed E-state index contributed by atoms with van der Waals surface area (Å²) < 4.78 is 7.52. The minimum Gasteiger partial charge on any atom is -0.383 e. The fourth-order valence-electron chi connectivity index (χ4n) is 1.99. The summed E-state index contributed by atoms with van der Waals surface area (Å²) in [7, 11) is 1.76. The first-order valence-corrected chi connectivity index (χ1v) is 6.51. The zero-order valence-electron chi connectivity index (χ0n) is 11.5. The van der Waals surface area contributed by atoms with E-state index in [0.29, 0.717) is 6.04 Å². The summed E-state index contributed by atoms with van der Waals surface area (Å²) in [5.41, 5.74) is 1.06. The van der Waals surface area contributed by atoms with Crippen LogP contribution in [0.3, 0.4) is 0 Å². The molecule has 0 aliphatic rings. The smallest absolute Gasteiger partial charge is 0.203 e. The number of anilines is 1. The van der Waals surface area contributed by atoms with Crippen molar-refractivity contribution in [2.24, 2.45) is 0 Å². The van der Waals surface area contributed by atoms with Crippen molar-refractivity contribution in [2.75, 3.05) is 25.6 Å². The van der Waals surface area contributed by atoms with E-state index >= 15 is 0 Å². The average Bonchev–Trinajstić information content (AvgIpc) is 2.67. The van der Waals surface area contributed by atoms with E-state index in [-0.39, 0.29) is 0 Å². The van der Waals surface area contributed by atoms with Crippen LogP contribution in [0.1, 0.15) is 44.8 Å². The van der Waals surface area contributed by atoms with Crippen LogP contribution >= 0.6 is 0 Å². The Balaban J connectivity index is 2.83. The number of nitrogens with one attached hydrogen (secondary N) is 1. The highest BCUT2D eigenvalue weighted by Gasteiger charge is 2.14. The van der Waals surface area contributed by atoms with E-state index in [1.165, 1.54) is 0 Å². The second-order valence-electron chi connectivity index (χ2n) is 4.44. The molecule has 0 aliphatic carbocycles. The van der Waals surface area contributed by atoms with Crippen molar-refractivity contribution in [2.45, 2.75) is 46.1 Å². The van der Waals surface area contributed by atoms with Gasteiger partial charge in [-0.25, -0.2) is 4.98 Å². The lowest BCUT2D eigenvalue weighted by molar-refractivity contribution is 0.151. The molecule has 1 atom stereocenters. The summed E-state index contributed by atoms with van der Waals surface area (Å²) in [6, 6.07) is 0.380. The fourth-order valence-corrected chi connectivity index (χ4v) is 1.99. The van der Waals surface area contributed by atoms with E-state index in [2.05, 4.69) is 34.9 Å². The molecule has 17 heavy (non-hydrogen) atoms. The van der Waals surface area contributed by atoms with Crippen molar-refractivity contribution in [3.05, 3.63) is 11.9 Å². The first kappa shape index (κ1) is 14.0. The van der Waals surface area contributed by atoms with Crippen molar-refractivity contribution < 1.29 is 4.74 Å². The predicted octanol–water partition coefficient (Wildman–Crippen LogP) is 3.00. The summed E-state index contributed by atoms with van der Waals surface area (Å²) in [6.45, 7) is 8.09. The van der Waals surface area contributed by atoms with Gasteiger partial charge in [0.2, 0.25) is 5.95 Å². The van der Waals surface area contributed by atoms with Crippen LogP contribution in [0.25, 0.3) is 0 Å². The predicted molar refractivity (Wildman–Crippen MR) is 71.6 cm³/mol. The van der Waals surface area contributed by atoms with Gasteiger partial charge in [-0.1, -0.05) is 20.3 Å². The van der Waals surface area contributed by atoms with E-state index < -0.39 is 0 Å². The maximum absolute atomic E-state index is 5.30. The van der Waals surface area contributed by atoms with E-state index in [1.54, 1.807) is 7.11 Å². The zero-order chi connectivity index (χ0) is 12.7. The topological polar surface area (TPSA) is 39.1 Å². The number of aromatic nitrogens is 2. The number of nitrogens with zero attached hydrogens (tertiary/aromatic N) is 2. The van der Waals surface area contributed by atoms with E-state index in [1.807, 2.05) is 6.92 Å². The summed E-state index contributed by atoms with van der Waals surface area (Å²) in [5, 5.41) is 3.38. The summed E-state index contributed by atoms with van der Waals surface area (Å²) in [6.07, 6.45) is 5.48. The average molecular weight is 239 g/mol. The van der Waals surface area contributed by atoms with Crippen LogP contribution < -0.4 is 5.32 Å². The van der Waals surface area contributed by atoms with Gasteiger partial charge in [-0.05, 0) is 19.8 Å². The number of hydrogen-bond acceptors (Lipinski definition) is 3. The molecule has 1 aromatic rings. The minimum atomic E-state index is 0.380. The molecular weight excluding hydrogens is 214 g/mol. The lowest BCUT2D eigenvalue weighted by Gasteiger charge is -2.19. The summed E-state index contributed by atoms with van der Waals surface area (Å²) in [4.78, 5) is 4.53. The van der Waals surface area contributed by atoms with Crippen molar-refractivity contribution in [1.82, 2.24) is 9.55 Å². The standard InChI is InChI=1S/C13H25N3O/c1-5-7-12(10-17-4)16-9-11(3)15-13(16)14-8-6-2/h9,12H,5-8,10H2,1-4H3,(H,14,15). The third kappa shape index (κ3) is 4.04.